The van der Waals surface area contributed by atoms with Crippen LogP contribution in [0.15, 0.2) is 42.5 Å². The van der Waals surface area contributed by atoms with Crippen LogP contribution in [0.4, 0.5) is 5.69 Å². The van der Waals surface area contributed by atoms with Crippen LogP contribution < -0.4 is 15.4 Å². The molecule has 3 aromatic rings. The molecule has 0 aliphatic carbocycles. The molecule has 3 rings (SSSR count). The third-order valence-electron chi connectivity index (χ3n) is 3.88. The standard InChI is InChI=1S/C19H20N4O2S2/c1-19(2,3)12-7-9-13(10-8-12)25-11-16(24)21-18(26)20-14-5-4-6-15-17(14)23-27-22-15/h4-10H,11H2,1-3H3,(H2,20,21,24,26). The van der Waals surface area contributed by atoms with Crippen LogP contribution >= 0.6 is 23.9 Å². The molecule has 27 heavy (non-hydrogen) atoms. The first-order valence-corrected chi connectivity index (χ1v) is 9.52. The Hall–Kier alpha value is -2.58. The van der Waals surface area contributed by atoms with E-state index in [1.165, 1.54) is 5.56 Å². The van der Waals surface area contributed by atoms with Crippen molar-refractivity contribution in [2.45, 2.75) is 26.2 Å². The van der Waals surface area contributed by atoms with Crippen molar-refractivity contribution >= 4 is 51.7 Å². The number of aromatic nitrogens is 2. The predicted octanol–water partition coefficient (Wildman–Crippen LogP) is 3.88. The second kappa shape index (κ2) is 7.98. The van der Waals surface area contributed by atoms with Crippen molar-refractivity contribution < 1.29 is 9.53 Å². The average molecular weight is 401 g/mol. The molecule has 0 atom stereocenters. The predicted molar refractivity (Wildman–Crippen MR) is 112 cm³/mol. The van der Waals surface area contributed by atoms with Crippen LogP contribution in [0, 0.1) is 0 Å². The Morgan fingerprint density at radius 3 is 2.59 bits per heavy atom. The Bertz CT molecular complexity index is 962. The van der Waals surface area contributed by atoms with Gasteiger partial charge >= 0.3 is 0 Å². The summed E-state index contributed by atoms with van der Waals surface area (Å²) in [5.74, 6) is 0.298. The lowest BCUT2D eigenvalue weighted by molar-refractivity contribution is -0.121. The quantitative estimate of drug-likeness (QED) is 0.647. The molecule has 0 unspecified atom stereocenters. The normalized spacial score (nSPS) is 11.2. The number of amides is 1. The van der Waals surface area contributed by atoms with Gasteiger partial charge in [0.15, 0.2) is 11.7 Å². The molecule has 2 N–H and O–H groups in total. The highest BCUT2D eigenvalue weighted by Crippen LogP contribution is 2.24. The fraction of sp³-hybridized carbons (Fsp3) is 0.263. The molecular formula is C19H20N4O2S2. The highest BCUT2D eigenvalue weighted by molar-refractivity contribution is 7.80. The number of benzene rings is 2. The monoisotopic (exact) mass is 400 g/mol. The maximum Gasteiger partial charge on any atom is 0.264 e. The van der Waals surface area contributed by atoms with E-state index in [0.717, 1.165) is 17.2 Å². The lowest BCUT2D eigenvalue weighted by Gasteiger charge is -2.19. The maximum absolute atomic E-state index is 12.1. The number of hydrogen-bond acceptors (Lipinski definition) is 6. The summed E-state index contributed by atoms with van der Waals surface area (Å²) in [5.41, 5.74) is 3.47. The van der Waals surface area contributed by atoms with Crippen LogP contribution in [0.2, 0.25) is 0 Å². The fourth-order valence-electron chi connectivity index (χ4n) is 2.42. The van der Waals surface area contributed by atoms with Crippen LogP contribution in [-0.4, -0.2) is 26.4 Å². The Kier molecular flexibility index (Phi) is 5.67. The number of carbonyl (C=O) groups is 1. The Balaban J connectivity index is 1.52. The van der Waals surface area contributed by atoms with Crippen molar-refractivity contribution in [2.24, 2.45) is 0 Å². The van der Waals surface area contributed by atoms with Crippen molar-refractivity contribution in [2.75, 3.05) is 11.9 Å². The van der Waals surface area contributed by atoms with E-state index in [1.54, 1.807) is 0 Å². The fourth-order valence-corrected chi connectivity index (χ4v) is 3.20. The third-order valence-corrected chi connectivity index (χ3v) is 4.62. The molecule has 0 aliphatic rings. The molecule has 1 aromatic heterocycles. The Labute approximate surface area is 167 Å². The minimum Gasteiger partial charge on any atom is -0.484 e. The molecule has 1 amide bonds. The van der Waals surface area contributed by atoms with Gasteiger partial charge in [0.25, 0.3) is 5.91 Å². The minimum absolute atomic E-state index is 0.0729. The number of hydrogen-bond donors (Lipinski definition) is 2. The van der Waals surface area contributed by atoms with Crippen molar-refractivity contribution in [3.8, 4) is 5.75 Å². The summed E-state index contributed by atoms with van der Waals surface area (Å²) in [6, 6.07) is 13.3. The maximum atomic E-state index is 12.1. The van der Waals surface area contributed by atoms with E-state index in [2.05, 4.69) is 40.2 Å². The lowest BCUT2D eigenvalue weighted by atomic mass is 9.87. The number of anilines is 1. The first-order chi connectivity index (χ1) is 12.8. The SMILES string of the molecule is CC(C)(C)c1ccc(OCC(=O)NC(=S)Nc2cccc3nsnc23)cc1. The van der Waals surface area contributed by atoms with Gasteiger partial charge in [-0.2, -0.15) is 8.75 Å². The van der Waals surface area contributed by atoms with E-state index >= 15 is 0 Å². The zero-order valence-corrected chi connectivity index (χ0v) is 16.9. The summed E-state index contributed by atoms with van der Waals surface area (Å²) in [6.07, 6.45) is 0. The molecule has 0 bridgehead atoms. The van der Waals surface area contributed by atoms with Gasteiger partial charge in [0, 0.05) is 0 Å². The van der Waals surface area contributed by atoms with Crippen LogP contribution in [-0.2, 0) is 10.2 Å². The van der Waals surface area contributed by atoms with Gasteiger partial charge in [0.05, 0.1) is 17.4 Å². The molecule has 0 radical (unpaired) electrons. The summed E-state index contributed by atoms with van der Waals surface area (Å²) >= 11 is 6.32. The first kappa shape index (κ1) is 19.2. The Morgan fingerprint density at radius 2 is 1.89 bits per heavy atom. The number of nitrogens with zero attached hydrogens (tertiary/aromatic N) is 2. The smallest absolute Gasteiger partial charge is 0.264 e. The van der Waals surface area contributed by atoms with Crippen molar-refractivity contribution in [3.05, 3.63) is 48.0 Å². The van der Waals surface area contributed by atoms with Crippen molar-refractivity contribution in [1.29, 1.82) is 0 Å². The van der Waals surface area contributed by atoms with Crippen molar-refractivity contribution in [3.63, 3.8) is 0 Å². The summed E-state index contributed by atoms with van der Waals surface area (Å²) in [4.78, 5) is 12.1. The van der Waals surface area contributed by atoms with E-state index in [4.69, 9.17) is 17.0 Å². The summed E-state index contributed by atoms with van der Waals surface area (Å²) in [7, 11) is 0. The third kappa shape index (κ3) is 4.99. The molecule has 2 aromatic carbocycles. The molecule has 0 saturated carbocycles. The molecule has 8 heteroatoms. The second-order valence-corrected chi connectivity index (χ2v) is 7.94. The second-order valence-electron chi connectivity index (χ2n) is 7.00. The molecule has 6 nitrogen and oxygen atoms in total. The average Bonchev–Trinajstić information content (AvgIpc) is 3.09. The van der Waals surface area contributed by atoms with Gasteiger partial charge in [-0.1, -0.05) is 39.0 Å². The zero-order valence-electron chi connectivity index (χ0n) is 15.3. The van der Waals surface area contributed by atoms with Gasteiger partial charge in [-0.05, 0) is 47.5 Å². The molecular weight excluding hydrogens is 380 g/mol. The summed E-state index contributed by atoms with van der Waals surface area (Å²) in [6.45, 7) is 6.31. The zero-order chi connectivity index (χ0) is 19.4. The number of nitrogens with one attached hydrogen (secondary N) is 2. The number of rotatable bonds is 4. The molecule has 0 saturated heterocycles. The highest BCUT2D eigenvalue weighted by Gasteiger charge is 2.13. The largest absolute Gasteiger partial charge is 0.484 e. The van der Waals surface area contributed by atoms with E-state index in [-0.39, 0.29) is 23.0 Å². The van der Waals surface area contributed by atoms with E-state index in [0.29, 0.717) is 17.0 Å². The lowest BCUT2D eigenvalue weighted by Crippen LogP contribution is -2.37. The molecule has 1 heterocycles. The van der Waals surface area contributed by atoms with Gasteiger partial charge in [-0.25, -0.2) is 0 Å². The van der Waals surface area contributed by atoms with Crippen LogP contribution in [0.1, 0.15) is 26.3 Å². The van der Waals surface area contributed by atoms with Gasteiger partial charge in [-0.3, -0.25) is 10.1 Å². The molecule has 0 spiro atoms. The highest BCUT2D eigenvalue weighted by atomic mass is 32.1. The number of carbonyl (C=O) groups excluding carboxylic acids is 1. The van der Waals surface area contributed by atoms with Crippen LogP contribution in [0.25, 0.3) is 11.0 Å². The van der Waals surface area contributed by atoms with Gasteiger partial charge < -0.3 is 10.1 Å². The number of ether oxygens (including phenoxy) is 1. The summed E-state index contributed by atoms with van der Waals surface area (Å²) < 4.78 is 13.9. The Morgan fingerprint density at radius 1 is 1.15 bits per heavy atom. The van der Waals surface area contributed by atoms with Crippen molar-refractivity contribution in [1.82, 2.24) is 14.1 Å². The van der Waals surface area contributed by atoms with Crippen LogP contribution in [0.5, 0.6) is 5.75 Å². The number of fused-ring (bicyclic) bond motifs is 1. The minimum atomic E-state index is -0.337. The van der Waals surface area contributed by atoms with E-state index < -0.39 is 0 Å². The molecule has 0 fully saturated rings. The topological polar surface area (TPSA) is 76.1 Å². The van der Waals surface area contributed by atoms with E-state index in [9.17, 15) is 4.79 Å². The molecule has 140 valence electrons. The van der Waals surface area contributed by atoms with Gasteiger partial charge in [0.2, 0.25) is 0 Å². The first-order valence-electron chi connectivity index (χ1n) is 8.38. The van der Waals surface area contributed by atoms with E-state index in [1.807, 2.05) is 42.5 Å². The number of thiocarbonyl (C=S) groups is 1. The molecule has 0 aliphatic heterocycles. The van der Waals surface area contributed by atoms with Crippen LogP contribution in [0.3, 0.4) is 0 Å². The van der Waals surface area contributed by atoms with Gasteiger partial charge in [-0.15, -0.1) is 0 Å². The summed E-state index contributed by atoms with van der Waals surface area (Å²) in [5, 5.41) is 5.76. The van der Waals surface area contributed by atoms with Gasteiger partial charge in [0.1, 0.15) is 16.8 Å².